The maximum absolute atomic E-state index is 12.8. The summed E-state index contributed by atoms with van der Waals surface area (Å²) in [4.78, 5) is 36.1. The van der Waals surface area contributed by atoms with Crippen LogP contribution in [0.4, 0.5) is 18.9 Å². The van der Waals surface area contributed by atoms with E-state index in [1.807, 2.05) is 23.7 Å². The Kier molecular flexibility index (Phi) is 7.87. The number of hydrazone groups is 1. The van der Waals surface area contributed by atoms with Crippen LogP contribution < -0.4 is 15.5 Å². The zero-order chi connectivity index (χ0) is 25.6. The summed E-state index contributed by atoms with van der Waals surface area (Å²) in [6, 6.07) is 15.4. The Labute approximate surface area is 202 Å². The number of esters is 1. The van der Waals surface area contributed by atoms with Crippen LogP contribution in [0.1, 0.15) is 27.0 Å². The number of benzene rings is 3. The first-order valence-electron chi connectivity index (χ1n) is 9.93. The number of carbonyl (C=O) groups excluding carboxylic acids is 3. The van der Waals surface area contributed by atoms with Crippen LogP contribution in [0.2, 0.25) is 5.02 Å². The minimum absolute atomic E-state index is 0.175. The number of halogens is 4. The minimum Gasteiger partial charge on any atom is -0.423 e. The summed E-state index contributed by atoms with van der Waals surface area (Å²) < 4.78 is 43.8. The zero-order valence-corrected chi connectivity index (χ0v) is 18.8. The van der Waals surface area contributed by atoms with E-state index >= 15 is 0 Å². The first kappa shape index (κ1) is 25.4. The highest BCUT2D eigenvalue weighted by Crippen LogP contribution is 2.33. The van der Waals surface area contributed by atoms with Crippen molar-refractivity contribution in [2.45, 2.75) is 13.1 Å². The molecule has 3 rings (SSSR count). The van der Waals surface area contributed by atoms with Gasteiger partial charge in [-0.05, 0) is 67.1 Å². The molecular weight excluding hydrogens is 487 g/mol. The average Bonchev–Trinajstić information content (AvgIpc) is 2.80. The van der Waals surface area contributed by atoms with Crippen molar-refractivity contribution in [2.24, 2.45) is 5.10 Å². The van der Waals surface area contributed by atoms with E-state index in [9.17, 15) is 27.6 Å². The lowest BCUT2D eigenvalue weighted by atomic mass is 10.1. The second-order valence-corrected chi connectivity index (χ2v) is 7.58. The Hall–Kier alpha value is -4.18. The lowest BCUT2D eigenvalue weighted by Gasteiger charge is -2.11. The van der Waals surface area contributed by atoms with Crippen molar-refractivity contribution >= 4 is 41.3 Å². The first-order valence-corrected chi connectivity index (χ1v) is 10.3. The Morgan fingerprint density at radius 1 is 0.971 bits per heavy atom. The normalized spacial score (nSPS) is 11.2. The molecular formula is C24H17ClF3N3O4. The van der Waals surface area contributed by atoms with Gasteiger partial charge in [0.2, 0.25) is 0 Å². The van der Waals surface area contributed by atoms with Crippen LogP contribution >= 0.6 is 11.6 Å². The van der Waals surface area contributed by atoms with E-state index in [1.54, 1.807) is 30.3 Å². The topological polar surface area (TPSA) is 96.9 Å². The fraction of sp³-hybridized carbons (Fsp3) is 0.0833. The number of aryl methyl sites for hydroxylation is 1. The van der Waals surface area contributed by atoms with Gasteiger partial charge in [0.15, 0.2) is 0 Å². The SMILES string of the molecule is Cc1cccc(C(=O)Oc2ccc(/C=N/NC(=O)C(=O)Nc3cc(C(F)(F)F)ccc3Cl)cc2)c1. The van der Waals surface area contributed by atoms with Gasteiger partial charge in [0.1, 0.15) is 5.75 Å². The summed E-state index contributed by atoms with van der Waals surface area (Å²) in [6.45, 7) is 1.85. The molecule has 0 unspecified atom stereocenters. The van der Waals surface area contributed by atoms with Crippen molar-refractivity contribution < 1.29 is 32.3 Å². The molecule has 3 aromatic rings. The lowest BCUT2D eigenvalue weighted by Crippen LogP contribution is -2.32. The number of anilines is 1. The monoisotopic (exact) mass is 503 g/mol. The van der Waals surface area contributed by atoms with Crippen molar-refractivity contribution in [1.82, 2.24) is 5.43 Å². The third-order valence-electron chi connectivity index (χ3n) is 4.47. The number of rotatable bonds is 5. The van der Waals surface area contributed by atoms with Gasteiger partial charge in [-0.2, -0.15) is 18.3 Å². The molecule has 0 radical (unpaired) electrons. The average molecular weight is 504 g/mol. The van der Waals surface area contributed by atoms with Crippen molar-refractivity contribution in [3.8, 4) is 5.75 Å². The van der Waals surface area contributed by atoms with Gasteiger partial charge in [-0.3, -0.25) is 9.59 Å². The van der Waals surface area contributed by atoms with Crippen LogP contribution in [-0.2, 0) is 15.8 Å². The highest BCUT2D eigenvalue weighted by molar-refractivity contribution is 6.41. The third-order valence-corrected chi connectivity index (χ3v) is 4.80. The van der Waals surface area contributed by atoms with Crippen LogP contribution in [0, 0.1) is 6.92 Å². The summed E-state index contributed by atoms with van der Waals surface area (Å²) in [7, 11) is 0. The largest absolute Gasteiger partial charge is 0.423 e. The molecule has 0 aliphatic carbocycles. The minimum atomic E-state index is -4.65. The van der Waals surface area contributed by atoms with Crippen LogP contribution in [-0.4, -0.2) is 24.0 Å². The summed E-state index contributed by atoms with van der Waals surface area (Å²) in [6.07, 6.45) is -3.43. The van der Waals surface area contributed by atoms with E-state index in [1.165, 1.54) is 18.3 Å². The second-order valence-electron chi connectivity index (χ2n) is 7.17. The number of hydrogen-bond acceptors (Lipinski definition) is 5. The number of nitrogens with one attached hydrogen (secondary N) is 2. The smallest absolute Gasteiger partial charge is 0.416 e. The van der Waals surface area contributed by atoms with E-state index in [0.717, 1.165) is 17.7 Å². The van der Waals surface area contributed by atoms with E-state index in [0.29, 0.717) is 17.2 Å². The molecule has 0 aromatic heterocycles. The zero-order valence-electron chi connectivity index (χ0n) is 18.0. The summed E-state index contributed by atoms with van der Waals surface area (Å²) in [5, 5.41) is 5.46. The summed E-state index contributed by atoms with van der Waals surface area (Å²) >= 11 is 5.79. The van der Waals surface area contributed by atoms with Gasteiger partial charge in [0.05, 0.1) is 28.1 Å². The molecule has 0 saturated heterocycles. The van der Waals surface area contributed by atoms with Gasteiger partial charge in [-0.15, -0.1) is 0 Å². The summed E-state index contributed by atoms with van der Waals surface area (Å²) in [5.41, 5.74) is 2.37. The predicted molar refractivity (Wildman–Crippen MR) is 123 cm³/mol. The first-order chi connectivity index (χ1) is 16.5. The highest BCUT2D eigenvalue weighted by atomic mass is 35.5. The molecule has 180 valence electrons. The van der Waals surface area contributed by atoms with Gasteiger partial charge in [0.25, 0.3) is 0 Å². The van der Waals surface area contributed by atoms with Gasteiger partial charge in [-0.25, -0.2) is 10.2 Å². The quantitative estimate of drug-likeness (QED) is 0.169. The number of alkyl halides is 3. The number of hydrogen-bond donors (Lipinski definition) is 2. The number of nitrogens with zero attached hydrogens (tertiary/aromatic N) is 1. The molecule has 0 aliphatic rings. The van der Waals surface area contributed by atoms with E-state index in [-0.39, 0.29) is 16.5 Å². The van der Waals surface area contributed by atoms with Gasteiger partial charge >= 0.3 is 24.0 Å². The van der Waals surface area contributed by atoms with Crippen LogP contribution in [0.15, 0.2) is 71.8 Å². The molecule has 2 N–H and O–H groups in total. The van der Waals surface area contributed by atoms with Crippen LogP contribution in [0.25, 0.3) is 0 Å². The molecule has 11 heteroatoms. The third kappa shape index (κ3) is 7.15. The molecule has 0 aliphatic heterocycles. The molecule has 0 heterocycles. The van der Waals surface area contributed by atoms with Gasteiger partial charge in [0, 0.05) is 0 Å². The lowest BCUT2D eigenvalue weighted by molar-refractivity contribution is -0.137. The number of carbonyl (C=O) groups is 3. The Bertz CT molecular complexity index is 1290. The Morgan fingerprint density at radius 2 is 1.69 bits per heavy atom. The van der Waals surface area contributed by atoms with Crippen molar-refractivity contribution in [1.29, 1.82) is 0 Å². The maximum Gasteiger partial charge on any atom is 0.416 e. The maximum atomic E-state index is 12.8. The molecule has 35 heavy (non-hydrogen) atoms. The molecule has 7 nitrogen and oxygen atoms in total. The van der Waals surface area contributed by atoms with Crippen molar-refractivity contribution in [2.75, 3.05) is 5.32 Å². The molecule has 3 aromatic carbocycles. The Balaban J connectivity index is 1.55. The standard InChI is InChI=1S/C24H17ClF3N3O4/c1-14-3-2-4-16(11-14)23(34)35-18-8-5-15(6-9-18)13-29-31-22(33)21(32)30-20-12-17(24(26,27)28)7-10-19(20)25/h2-13H,1H3,(H,30,32)(H,31,33)/b29-13+. The Morgan fingerprint density at radius 3 is 2.34 bits per heavy atom. The van der Waals surface area contributed by atoms with Crippen LogP contribution in [0.5, 0.6) is 5.75 Å². The van der Waals surface area contributed by atoms with Crippen molar-refractivity contribution in [3.63, 3.8) is 0 Å². The second kappa shape index (κ2) is 10.8. The van der Waals surface area contributed by atoms with E-state index < -0.39 is 29.5 Å². The molecule has 0 saturated carbocycles. The predicted octanol–water partition coefficient (Wildman–Crippen LogP) is 4.98. The molecule has 0 fully saturated rings. The van der Waals surface area contributed by atoms with Gasteiger partial charge in [-0.1, -0.05) is 29.3 Å². The van der Waals surface area contributed by atoms with Crippen LogP contribution in [0.3, 0.4) is 0 Å². The van der Waals surface area contributed by atoms with E-state index in [2.05, 4.69) is 5.10 Å². The highest BCUT2D eigenvalue weighted by Gasteiger charge is 2.31. The molecule has 0 spiro atoms. The summed E-state index contributed by atoms with van der Waals surface area (Å²) in [5.74, 6) is -2.72. The fourth-order valence-corrected chi connectivity index (χ4v) is 2.92. The molecule has 2 amide bonds. The molecule has 0 bridgehead atoms. The van der Waals surface area contributed by atoms with Crippen molar-refractivity contribution in [3.05, 3.63) is 94.0 Å². The van der Waals surface area contributed by atoms with Gasteiger partial charge < -0.3 is 10.1 Å². The number of amides is 2. The fourth-order valence-electron chi connectivity index (χ4n) is 2.75. The number of ether oxygens (including phenoxy) is 1. The molecule has 0 atom stereocenters. The van der Waals surface area contributed by atoms with E-state index in [4.69, 9.17) is 16.3 Å².